The van der Waals surface area contributed by atoms with Gasteiger partial charge in [-0.05, 0) is 25.7 Å². The molecule has 0 aromatic heterocycles. The lowest BCUT2D eigenvalue weighted by Gasteiger charge is -2.30. The Morgan fingerprint density at radius 3 is 2.47 bits per heavy atom. The molecular weight excluding hydrogens is 264 g/mol. The van der Waals surface area contributed by atoms with Gasteiger partial charge in [-0.25, -0.2) is 8.42 Å². The van der Waals surface area contributed by atoms with E-state index >= 15 is 0 Å². The van der Waals surface area contributed by atoms with Gasteiger partial charge in [-0.2, -0.15) is 0 Å². The second-order valence-corrected chi connectivity index (χ2v) is 8.17. The van der Waals surface area contributed by atoms with Crippen molar-refractivity contribution in [3.8, 4) is 0 Å². The Balaban J connectivity index is 1.82. The summed E-state index contributed by atoms with van der Waals surface area (Å²) < 4.78 is 24.2. The fraction of sp³-hybridized carbons (Fsp3) is 0.923. The fourth-order valence-corrected chi connectivity index (χ4v) is 4.88. The van der Waals surface area contributed by atoms with Crippen LogP contribution >= 0.6 is 0 Å². The third-order valence-corrected chi connectivity index (χ3v) is 6.48. The molecule has 1 aliphatic carbocycles. The van der Waals surface area contributed by atoms with Gasteiger partial charge in [0.1, 0.15) is 0 Å². The zero-order valence-electron chi connectivity index (χ0n) is 11.4. The van der Waals surface area contributed by atoms with Crippen LogP contribution in [-0.4, -0.2) is 49.4 Å². The molecule has 2 rings (SSSR count). The Morgan fingerprint density at radius 2 is 1.84 bits per heavy atom. The van der Waals surface area contributed by atoms with E-state index in [4.69, 9.17) is 5.73 Å². The normalized spacial score (nSPS) is 25.7. The van der Waals surface area contributed by atoms with Crippen LogP contribution in [0.15, 0.2) is 0 Å². The minimum atomic E-state index is -3.09. The van der Waals surface area contributed by atoms with Gasteiger partial charge >= 0.3 is 0 Å². The molecule has 5 nitrogen and oxygen atoms in total. The molecule has 1 aliphatic heterocycles. The monoisotopic (exact) mass is 288 g/mol. The fourth-order valence-electron chi connectivity index (χ4n) is 3.04. The molecule has 2 aliphatic rings. The van der Waals surface area contributed by atoms with E-state index in [1.54, 1.807) is 4.90 Å². The van der Waals surface area contributed by atoms with Crippen molar-refractivity contribution in [1.82, 2.24) is 4.90 Å². The largest absolute Gasteiger partial charge is 0.341 e. The molecule has 6 heteroatoms. The summed E-state index contributed by atoms with van der Waals surface area (Å²) in [5, 5.41) is -0.205. The summed E-state index contributed by atoms with van der Waals surface area (Å²) in [5.41, 5.74) is 5.83. The first-order chi connectivity index (χ1) is 8.99. The quantitative estimate of drug-likeness (QED) is 0.825. The Hall–Kier alpha value is -0.620. The first-order valence-electron chi connectivity index (χ1n) is 7.24. The number of carbonyl (C=O) groups is 1. The van der Waals surface area contributed by atoms with Crippen LogP contribution in [0.25, 0.3) is 0 Å². The number of rotatable bonds is 4. The van der Waals surface area contributed by atoms with Crippen LogP contribution in [0, 0.1) is 0 Å². The van der Waals surface area contributed by atoms with Crippen molar-refractivity contribution >= 4 is 15.7 Å². The van der Waals surface area contributed by atoms with Gasteiger partial charge in [-0.3, -0.25) is 4.79 Å². The number of carbonyl (C=O) groups excluding carboxylic acids is 1. The van der Waals surface area contributed by atoms with Crippen molar-refractivity contribution in [2.45, 2.75) is 56.2 Å². The van der Waals surface area contributed by atoms with E-state index in [9.17, 15) is 13.2 Å². The molecule has 1 atom stereocenters. The predicted molar refractivity (Wildman–Crippen MR) is 74.4 cm³/mol. The van der Waals surface area contributed by atoms with E-state index < -0.39 is 9.84 Å². The van der Waals surface area contributed by atoms with Gasteiger partial charge in [0, 0.05) is 25.6 Å². The van der Waals surface area contributed by atoms with Crippen LogP contribution < -0.4 is 5.73 Å². The third-order valence-electron chi connectivity index (χ3n) is 4.22. The number of amides is 1. The zero-order chi connectivity index (χ0) is 13.9. The lowest BCUT2D eigenvalue weighted by Crippen LogP contribution is -2.46. The van der Waals surface area contributed by atoms with Crippen LogP contribution in [0.5, 0.6) is 0 Å². The summed E-state index contributed by atoms with van der Waals surface area (Å²) in [4.78, 5) is 13.7. The number of nitrogens with zero attached hydrogens (tertiary/aromatic N) is 1. The molecule has 0 aromatic carbocycles. The number of nitrogens with two attached hydrogens (primary N) is 1. The maximum absolute atomic E-state index is 12.1. The molecule has 110 valence electrons. The van der Waals surface area contributed by atoms with Crippen LogP contribution in [0.2, 0.25) is 0 Å². The lowest BCUT2D eigenvalue weighted by molar-refractivity contribution is -0.131. The van der Waals surface area contributed by atoms with Crippen molar-refractivity contribution in [2.75, 3.05) is 18.8 Å². The van der Waals surface area contributed by atoms with E-state index in [0.717, 1.165) is 45.1 Å². The summed E-state index contributed by atoms with van der Waals surface area (Å²) >= 11 is 0. The van der Waals surface area contributed by atoms with Crippen molar-refractivity contribution in [1.29, 1.82) is 0 Å². The first-order valence-corrected chi connectivity index (χ1v) is 8.95. The number of likely N-dealkylation sites (tertiary alicyclic amines) is 1. The van der Waals surface area contributed by atoms with Crippen LogP contribution in [0.3, 0.4) is 0 Å². The average molecular weight is 288 g/mol. The average Bonchev–Trinajstić information content (AvgIpc) is 2.90. The van der Waals surface area contributed by atoms with Gasteiger partial charge in [-0.1, -0.05) is 12.8 Å². The zero-order valence-corrected chi connectivity index (χ0v) is 12.2. The van der Waals surface area contributed by atoms with Gasteiger partial charge in [-0.15, -0.1) is 0 Å². The van der Waals surface area contributed by atoms with Crippen LogP contribution in [-0.2, 0) is 14.6 Å². The summed E-state index contributed by atoms with van der Waals surface area (Å²) in [7, 11) is -3.09. The highest BCUT2D eigenvalue weighted by Gasteiger charge is 2.30. The van der Waals surface area contributed by atoms with Gasteiger partial charge in [0.25, 0.3) is 0 Å². The smallest absolute Gasteiger partial charge is 0.223 e. The summed E-state index contributed by atoms with van der Waals surface area (Å²) in [6.45, 7) is 1.29. The highest BCUT2D eigenvalue weighted by molar-refractivity contribution is 7.92. The molecule has 1 amide bonds. The first kappa shape index (κ1) is 14.8. The second-order valence-electron chi connectivity index (χ2n) is 5.77. The molecule has 2 fully saturated rings. The predicted octanol–water partition coefficient (Wildman–Crippen LogP) is 0.684. The van der Waals surface area contributed by atoms with Crippen molar-refractivity contribution in [3.05, 3.63) is 0 Å². The molecule has 19 heavy (non-hydrogen) atoms. The number of piperidine rings is 1. The van der Waals surface area contributed by atoms with Gasteiger partial charge in [0.15, 0.2) is 9.84 Å². The van der Waals surface area contributed by atoms with Gasteiger partial charge in [0.2, 0.25) is 5.91 Å². The van der Waals surface area contributed by atoms with Crippen LogP contribution in [0.1, 0.15) is 44.9 Å². The summed E-state index contributed by atoms with van der Waals surface area (Å²) in [6, 6.07) is 0.0455. The Bertz CT molecular complexity index is 416. The topological polar surface area (TPSA) is 80.5 Å². The Morgan fingerprint density at radius 1 is 1.16 bits per heavy atom. The van der Waals surface area contributed by atoms with Crippen molar-refractivity contribution < 1.29 is 13.2 Å². The van der Waals surface area contributed by atoms with E-state index in [1.165, 1.54) is 0 Å². The van der Waals surface area contributed by atoms with Crippen molar-refractivity contribution in [2.24, 2.45) is 5.73 Å². The number of hydrogen-bond acceptors (Lipinski definition) is 4. The van der Waals surface area contributed by atoms with Crippen LogP contribution in [0.4, 0.5) is 0 Å². The Labute approximate surface area is 115 Å². The highest BCUT2D eigenvalue weighted by atomic mass is 32.2. The third kappa shape index (κ3) is 3.92. The maximum Gasteiger partial charge on any atom is 0.223 e. The minimum absolute atomic E-state index is 0.00222. The molecule has 1 saturated carbocycles. The SMILES string of the molecule is NC1CCCN(C(=O)CCS(=O)(=O)C2CCCC2)C1. The summed E-state index contributed by atoms with van der Waals surface area (Å²) in [5.74, 6) is -0.0564. The van der Waals surface area contributed by atoms with E-state index in [0.29, 0.717) is 6.54 Å². The van der Waals surface area contributed by atoms with E-state index in [1.807, 2.05) is 0 Å². The summed E-state index contributed by atoms with van der Waals surface area (Å²) in [6.07, 6.45) is 5.52. The van der Waals surface area contributed by atoms with E-state index in [-0.39, 0.29) is 29.4 Å². The van der Waals surface area contributed by atoms with Crippen molar-refractivity contribution in [3.63, 3.8) is 0 Å². The standard InChI is InChI=1S/C13H24N2O3S/c14-11-4-3-8-15(10-11)13(16)7-9-19(17,18)12-5-1-2-6-12/h11-12H,1-10,14H2. The lowest BCUT2D eigenvalue weighted by atomic mass is 10.1. The molecule has 0 radical (unpaired) electrons. The molecule has 1 unspecified atom stereocenters. The molecule has 0 aromatic rings. The Kier molecular flexibility index (Phi) is 4.84. The maximum atomic E-state index is 12.1. The molecule has 1 saturated heterocycles. The number of hydrogen-bond donors (Lipinski definition) is 1. The molecular formula is C13H24N2O3S. The minimum Gasteiger partial charge on any atom is -0.341 e. The molecule has 2 N–H and O–H groups in total. The number of sulfone groups is 1. The van der Waals surface area contributed by atoms with Gasteiger partial charge in [0.05, 0.1) is 11.0 Å². The van der Waals surface area contributed by atoms with E-state index in [2.05, 4.69) is 0 Å². The molecule has 0 spiro atoms. The highest BCUT2D eigenvalue weighted by Crippen LogP contribution is 2.25. The van der Waals surface area contributed by atoms with Gasteiger partial charge < -0.3 is 10.6 Å². The molecule has 0 bridgehead atoms. The second kappa shape index (κ2) is 6.22. The molecule has 1 heterocycles.